The van der Waals surface area contributed by atoms with E-state index in [0.29, 0.717) is 10.6 Å². The molecular weight excluding hydrogens is 314 g/mol. The molecular formula is C13H17BrClN3. The number of nitrogens with zero attached hydrogens (tertiary/aromatic N) is 3. The summed E-state index contributed by atoms with van der Waals surface area (Å²) in [5.74, 6) is 0.947. The van der Waals surface area contributed by atoms with E-state index in [1.165, 1.54) is 38.5 Å². The Hall–Kier alpha value is -0.350. The number of hydrogen-bond donors (Lipinski definition) is 0. The van der Waals surface area contributed by atoms with E-state index in [0.717, 1.165) is 23.4 Å². The summed E-state index contributed by atoms with van der Waals surface area (Å²) < 4.78 is 0.828. The van der Waals surface area contributed by atoms with Crippen molar-refractivity contribution in [3.05, 3.63) is 16.0 Å². The summed E-state index contributed by atoms with van der Waals surface area (Å²) in [6.07, 6.45) is 9.82. The quantitative estimate of drug-likeness (QED) is 0.727. The summed E-state index contributed by atoms with van der Waals surface area (Å²) in [7, 11) is 0. The number of halogens is 2. The molecule has 3 rings (SSSR count). The highest BCUT2D eigenvalue weighted by Gasteiger charge is 2.37. The zero-order chi connectivity index (χ0) is 12.6. The van der Waals surface area contributed by atoms with E-state index in [1.54, 1.807) is 6.33 Å². The van der Waals surface area contributed by atoms with Crippen LogP contribution in [0.4, 0.5) is 5.82 Å². The first-order valence-electron chi connectivity index (χ1n) is 6.61. The smallest absolute Gasteiger partial charge is 0.148 e. The normalized spacial score (nSPS) is 22.7. The van der Waals surface area contributed by atoms with Gasteiger partial charge >= 0.3 is 0 Å². The molecule has 2 heterocycles. The summed E-state index contributed by atoms with van der Waals surface area (Å²) in [6.45, 7) is 2.18. The molecule has 0 aromatic carbocycles. The van der Waals surface area contributed by atoms with Gasteiger partial charge in [0, 0.05) is 13.1 Å². The molecule has 3 nitrogen and oxygen atoms in total. The molecule has 98 valence electrons. The molecule has 1 aromatic heterocycles. The van der Waals surface area contributed by atoms with Crippen molar-refractivity contribution in [1.82, 2.24) is 9.97 Å². The highest BCUT2D eigenvalue weighted by Crippen LogP contribution is 2.47. The average Bonchev–Trinajstić information content (AvgIpc) is 2.83. The Balaban J connectivity index is 1.74. The third-order valence-corrected chi connectivity index (χ3v) is 5.76. The van der Waals surface area contributed by atoms with Crippen LogP contribution >= 0.6 is 27.5 Å². The van der Waals surface area contributed by atoms with Gasteiger partial charge in [0.05, 0.1) is 4.47 Å². The highest BCUT2D eigenvalue weighted by atomic mass is 79.9. The van der Waals surface area contributed by atoms with Crippen LogP contribution in [0.5, 0.6) is 0 Å². The van der Waals surface area contributed by atoms with Gasteiger partial charge in [-0.3, -0.25) is 0 Å². The molecule has 2 fully saturated rings. The summed E-state index contributed by atoms with van der Waals surface area (Å²) in [6, 6.07) is 0. The largest absolute Gasteiger partial charge is 0.355 e. The lowest BCUT2D eigenvalue weighted by Crippen LogP contribution is -2.39. The van der Waals surface area contributed by atoms with Crippen LogP contribution in [0, 0.1) is 5.41 Å². The van der Waals surface area contributed by atoms with E-state index in [-0.39, 0.29) is 0 Å². The van der Waals surface area contributed by atoms with Crippen molar-refractivity contribution in [3.63, 3.8) is 0 Å². The Kier molecular flexibility index (Phi) is 3.50. The second kappa shape index (κ2) is 4.97. The first-order chi connectivity index (χ1) is 8.70. The van der Waals surface area contributed by atoms with Gasteiger partial charge in [-0.2, -0.15) is 0 Å². The Labute approximate surface area is 121 Å². The molecule has 5 heteroatoms. The molecule has 0 bridgehead atoms. The van der Waals surface area contributed by atoms with Gasteiger partial charge in [0.1, 0.15) is 17.3 Å². The van der Waals surface area contributed by atoms with Gasteiger partial charge in [-0.1, -0.05) is 24.4 Å². The number of hydrogen-bond acceptors (Lipinski definition) is 3. The summed E-state index contributed by atoms with van der Waals surface area (Å²) in [4.78, 5) is 10.7. The fraction of sp³-hybridized carbons (Fsp3) is 0.692. The van der Waals surface area contributed by atoms with Gasteiger partial charge in [-0.15, -0.1) is 0 Å². The van der Waals surface area contributed by atoms with Crippen molar-refractivity contribution in [2.75, 3.05) is 18.0 Å². The molecule has 1 aliphatic heterocycles. The Bertz CT molecular complexity index is 436. The van der Waals surface area contributed by atoms with Gasteiger partial charge < -0.3 is 4.90 Å². The minimum atomic E-state index is 0.501. The van der Waals surface area contributed by atoms with Gasteiger partial charge in [0.25, 0.3) is 0 Å². The Morgan fingerprint density at radius 3 is 2.44 bits per heavy atom. The van der Waals surface area contributed by atoms with E-state index < -0.39 is 0 Å². The fourth-order valence-electron chi connectivity index (χ4n) is 3.38. The number of piperidine rings is 1. The molecule has 0 amide bonds. The van der Waals surface area contributed by atoms with Crippen LogP contribution in [-0.4, -0.2) is 23.1 Å². The molecule has 0 N–H and O–H groups in total. The van der Waals surface area contributed by atoms with Crippen LogP contribution in [0.2, 0.25) is 5.15 Å². The summed E-state index contributed by atoms with van der Waals surface area (Å²) >= 11 is 9.52. The minimum Gasteiger partial charge on any atom is -0.355 e. The van der Waals surface area contributed by atoms with E-state index in [2.05, 4.69) is 30.8 Å². The highest BCUT2D eigenvalue weighted by molar-refractivity contribution is 9.10. The SMILES string of the molecule is Clc1ncnc(N2CCC3(CCCC3)CC2)c1Br. The minimum absolute atomic E-state index is 0.501. The molecule has 0 radical (unpaired) electrons. The average molecular weight is 331 g/mol. The number of aromatic nitrogens is 2. The van der Waals surface area contributed by atoms with Crippen LogP contribution in [0.25, 0.3) is 0 Å². The van der Waals surface area contributed by atoms with Gasteiger partial charge in [-0.05, 0) is 47.0 Å². The van der Waals surface area contributed by atoms with Gasteiger partial charge in [0.15, 0.2) is 0 Å². The van der Waals surface area contributed by atoms with Crippen LogP contribution in [0.3, 0.4) is 0 Å². The monoisotopic (exact) mass is 329 g/mol. The molecule has 1 aliphatic carbocycles. The standard InChI is InChI=1S/C13H17BrClN3/c14-10-11(15)16-9-17-12(10)18-7-5-13(6-8-18)3-1-2-4-13/h9H,1-8H2. The molecule has 0 atom stereocenters. The first-order valence-corrected chi connectivity index (χ1v) is 7.78. The van der Waals surface area contributed by atoms with Crippen LogP contribution < -0.4 is 4.90 Å². The lowest BCUT2D eigenvalue weighted by molar-refractivity contribution is 0.226. The lowest BCUT2D eigenvalue weighted by atomic mass is 9.77. The molecule has 1 aromatic rings. The predicted octanol–water partition coefficient (Wildman–Crippen LogP) is 4.05. The van der Waals surface area contributed by atoms with E-state index in [4.69, 9.17) is 11.6 Å². The van der Waals surface area contributed by atoms with E-state index in [9.17, 15) is 0 Å². The van der Waals surface area contributed by atoms with Gasteiger partial charge in [-0.25, -0.2) is 9.97 Å². The van der Waals surface area contributed by atoms with E-state index >= 15 is 0 Å². The van der Waals surface area contributed by atoms with Gasteiger partial charge in [0.2, 0.25) is 0 Å². The molecule has 2 aliphatic rings. The maximum atomic E-state index is 6.03. The zero-order valence-electron chi connectivity index (χ0n) is 10.3. The molecule has 1 saturated heterocycles. The molecule has 1 saturated carbocycles. The molecule has 18 heavy (non-hydrogen) atoms. The van der Waals surface area contributed by atoms with Crippen molar-refractivity contribution >= 4 is 33.3 Å². The maximum absolute atomic E-state index is 6.03. The Morgan fingerprint density at radius 1 is 1.11 bits per heavy atom. The number of rotatable bonds is 1. The van der Waals surface area contributed by atoms with Crippen molar-refractivity contribution in [1.29, 1.82) is 0 Å². The van der Waals surface area contributed by atoms with E-state index in [1.807, 2.05) is 0 Å². The summed E-state index contributed by atoms with van der Waals surface area (Å²) in [5, 5.41) is 0.501. The second-order valence-corrected chi connectivity index (χ2v) is 6.65. The fourth-order valence-corrected chi connectivity index (χ4v) is 3.96. The van der Waals surface area contributed by atoms with Crippen LogP contribution in [0.15, 0.2) is 10.8 Å². The Morgan fingerprint density at radius 2 is 1.78 bits per heavy atom. The van der Waals surface area contributed by atoms with Crippen LogP contribution in [0.1, 0.15) is 38.5 Å². The predicted molar refractivity (Wildman–Crippen MR) is 77.1 cm³/mol. The lowest BCUT2D eigenvalue weighted by Gasteiger charge is -2.40. The third kappa shape index (κ3) is 2.25. The number of anilines is 1. The van der Waals surface area contributed by atoms with Crippen molar-refractivity contribution in [2.45, 2.75) is 38.5 Å². The summed E-state index contributed by atoms with van der Waals surface area (Å²) in [5.41, 5.74) is 0.639. The zero-order valence-corrected chi connectivity index (χ0v) is 12.7. The van der Waals surface area contributed by atoms with Crippen molar-refractivity contribution in [2.24, 2.45) is 5.41 Å². The van der Waals surface area contributed by atoms with Crippen molar-refractivity contribution < 1.29 is 0 Å². The van der Waals surface area contributed by atoms with Crippen LogP contribution in [-0.2, 0) is 0 Å². The molecule has 0 unspecified atom stereocenters. The molecule has 1 spiro atoms. The maximum Gasteiger partial charge on any atom is 0.148 e. The second-order valence-electron chi connectivity index (χ2n) is 5.50. The first kappa shape index (κ1) is 12.7. The topological polar surface area (TPSA) is 29.0 Å². The van der Waals surface area contributed by atoms with Crippen molar-refractivity contribution in [3.8, 4) is 0 Å². The third-order valence-electron chi connectivity index (χ3n) is 4.52.